The molecule has 2 aromatic rings. The van der Waals surface area contributed by atoms with Crippen LogP contribution in [0.3, 0.4) is 0 Å². The van der Waals surface area contributed by atoms with E-state index in [9.17, 15) is 5.11 Å². The second kappa shape index (κ2) is 10.8. The number of hydrogen-bond donors (Lipinski definition) is 1. The molecular formula is C20H24Br2ClNO3. The molecule has 0 aliphatic carbocycles. The lowest BCUT2D eigenvalue weighted by atomic mass is 10.1. The quantitative estimate of drug-likeness (QED) is 0.553. The largest absolute Gasteiger partial charge is 1.00 e. The first-order valence-corrected chi connectivity index (χ1v) is 10.4. The molecule has 1 atom stereocenters. The van der Waals surface area contributed by atoms with Crippen molar-refractivity contribution in [2.75, 3.05) is 39.5 Å². The fraction of sp³-hybridized carbons (Fsp3) is 0.400. The van der Waals surface area contributed by atoms with E-state index < -0.39 is 6.10 Å². The van der Waals surface area contributed by atoms with E-state index in [4.69, 9.17) is 9.47 Å². The highest BCUT2D eigenvalue weighted by Gasteiger charge is 2.33. The Balaban J connectivity index is 0.00000261. The Labute approximate surface area is 183 Å². The average Bonchev–Trinajstić information content (AvgIpc) is 2.62. The number of hydrogen-bond acceptors (Lipinski definition) is 3. The molecule has 1 heterocycles. The number of nitrogens with zero attached hydrogens (tertiary/aromatic N) is 1. The van der Waals surface area contributed by atoms with E-state index >= 15 is 0 Å². The van der Waals surface area contributed by atoms with Gasteiger partial charge in [-0.05, 0) is 34.1 Å². The van der Waals surface area contributed by atoms with E-state index in [0.29, 0.717) is 6.54 Å². The topological polar surface area (TPSA) is 38.7 Å². The van der Waals surface area contributed by atoms with Crippen molar-refractivity contribution in [3.63, 3.8) is 0 Å². The standard InChI is InChI=1S/C20H24Br2NO3.ClH/c21-17-6-7-20(19(22)12-17)26-15-18(24)14-23(8-10-25-11-9-23)13-16-4-2-1-3-5-16;/h1-7,12,18,24H,8-11,13-15H2;1H/q+1;/p-1. The minimum atomic E-state index is -0.535. The highest BCUT2D eigenvalue weighted by molar-refractivity contribution is 9.11. The van der Waals surface area contributed by atoms with Crippen molar-refractivity contribution >= 4 is 31.9 Å². The van der Waals surface area contributed by atoms with Crippen LogP contribution in [0.25, 0.3) is 0 Å². The average molecular weight is 522 g/mol. The van der Waals surface area contributed by atoms with Gasteiger partial charge in [-0.2, -0.15) is 0 Å². The molecule has 0 bridgehead atoms. The van der Waals surface area contributed by atoms with Gasteiger partial charge in [0.05, 0.1) is 17.7 Å². The first kappa shape index (κ1) is 22.7. The lowest BCUT2D eigenvalue weighted by Gasteiger charge is -2.42. The van der Waals surface area contributed by atoms with E-state index in [1.807, 2.05) is 24.3 Å². The van der Waals surface area contributed by atoms with Gasteiger partial charge >= 0.3 is 0 Å². The number of aliphatic hydroxyl groups is 1. The summed E-state index contributed by atoms with van der Waals surface area (Å²) >= 11 is 6.92. The maximum Gasteiger partial charge on any atom is 0.137 e. The van der Waals surface area contributed by atoms with Crippen LogP contribution < -0.4 is 17.1 Å². The highest BCUT2D eigenvalue weighted by Crippen LogP contribution is 2.28. The Morgan fingerprint density at radius 1 is 1.07 bits per heavy atom. The van der Waals surface area contributed by atoms with Crippen LogP contribution in [0.1, 0.15) is 5.56 Å². The highest BCUT2D eigenvalue weighted by atomic mass is 79.9. The van der Waals surface area contributed by atoms with E-state index in [0.717, 1.165) is 52.0 Å². The second-order valence-corrected chi connectivity index (χ2v) is 8.54. The third kappa shape index (κ3) is 6.73. The zero-order valence-corrected chi connectivity index (χ0v) is 18.9. The number of ether oxygens (including phenoxy) is 2. The lowest BCUT2D eigenvalue weighted by molar-refractivity contribution is -0.950. The second-order valence-electron chi connectivity index (χ2n) is 6.77. The molecule has 1 fully saturated rings. The zero-order valence-electron chi connectivity index (χ0n) is 15.0. The number of benzene rings is 2. The summed E-state index contributed by atoms with van der Waals surface area (Å²) in [6.07, 6.45) is -0.535. The molecule has 1 unspecified atom stereocenters. The van der Waals surface area contributed by atoms with Crippen LogP contribution in [0.5, 0.6) is 5.75 Å². The molecule has 7 heteroatoms. The van der Waals surface area contributed by atoms with Crippen LogP contribution in [0.15, 0.2) is 57.5 Å². The number of morpholine rings is 1. The van der Waals surface area contributed by atoms with Crippen LogP contribution in [0.4, 0.5) is 0 Å². The third-order valence-corrected chi connectivity index (χ3v) is 5.82. The van der Waals surface area contributed by atoms with Crippen molar-refractivity contribution in [2.45, 2.75) is 12.6 Å². The summed E-state index contributed by atoms with van der Waals surface area (Å²) in [7, 11) is 0. The molecule has 1 saturated heterocycles. The molecule has 3 rings (SSSR count). The van der Waals surface area contributed by atoms with E-state index in [-0.39, 0.29) is 19.0 Å². The van der Waals surface area contributed by atoms with Gasteiger partial charge in [0.25, 0.3) is 0 Å². The molecule has 0 amide bonds. The summed E-state index contributed by atoms with van der Waals surface area (Å²) < 4.78 is 14.1. The van der Waals surface area contributed by atoms with Crippen LogP contribution in [0.2, 0.25) is 0 Å². The van der Waals surface area contributed by atoms with Crippen molar-refractivity contribution in [1.82, 2.24) is 0 Å². The molecule has 1 aliphatic rings. The Bertz CT molecular complexity index is 712. The molecule has 0 spiro atoms. The molecule has 27 heavy (non-hydrogen) atoms. The normalized spacial score (nSPS) is 17.0. The van der Waals surface area contributed by atoms with Crippen LogP contribution in [-0.4, -0.2) is 55.1 Å². The fourth-order valence-electron chi connectivity index (χ4n) is 3.38. The Kier molecular flexibility index (Phi) is 9.05. The Morgan fingerprint density at radius 3 is 2.44 bits per heavy atom. The maximum absolute atomic E-state index is 10.6. The Hall–Kier alpha value is -0.630. The summed E-state index contributed by atoms with van der Waals surface area (Å²) in [6, 6.07) is 16.2. The van der Waals surface area contributed by atoms with E-state index in [1.54, 1.807) is 0 Å². The Morgan fingerprint density at radius 2 is 1.78 bits per heavy atom. The van der Waals surface area contributed by atoms with Gasteiger partial charge in [-0.1, -0.05) is 46.3 Å². The summed E-state index contributed by atoms with van der Waals surface area (Å²) in [5.41, 5.74) is 1.29. The number of rotatable bonds is 7. The van der Waals surface area contributed by atoms with Gasteiger partial charge < -0.3 is 31.5 Å². The van der Waals surface area contributed by atoms with Crippen molar-refractivity contribution in [1.29, 1.82) is 0 Å². The number of quaternary nitrogens is 1. The molecule has 0 saturated carbocycles. The zero-order chi connectivity index (χ0) is 18.4. The minimum absolute atomic E-state index is 0. The molecule has 4 nitrogen and oxygen atoms in total. The van der Waals surface area contributed by atoms with Gasteiger partial charge in [-0.25, -0.2) is 0 Å². The molecule has 0 aromatic heterocycles. The SMILES string of the molecule is OC(COc1ccc(Br)cc1Br)C[N+]1(Cc2ccccc2)CCOCC1.[Cl-]. The predicted octanol–water partition coefficient (Wildman–Crippen LogP) is 1.00. The molecule has 148 valence electrons. The van der Waals surface area contributed by atoms with Gasteiger partial charge in [0.2, 0.25) is 0 Å². The van der Waals surface area contributed by atoms with Gasteiger partial charge in [-0.3, -0.25) is 0 Å². The van der Waals surface area contributed by atoms with Crippen LogP contribution in [-0.2, 0) is 11.3 Å². The van der Waals surface area contributed by atoms with E-state index in [1.165, 1.54) is 5.56 Å². The summed E-state index contributed by atoms with van der Waals surface area (Å²) in [5, 5.41) is 10.6. The van der Waals surface area contributed by atoms with Crippen molar-refractivity contribution in [3.05, 3.63) is 63.0 Å². The molecular weight excluding hydrogens is 497 g/mol. The van der Waals surface area contributed by atoms with Crippen LogP contribution in [0, 0.1) is 0 Å². The fourth-order valence-corrected chi connectivity index (χ4v) is 4.55. The minimum Gasteiger partial charge on any atom is -1.00 e. The van der Waals surface area contributed by atoms with Gasteiger partial charge in [0.1, 0.15) is 44.6 Å². The summed E-state index contributed by atoms with van der Waals surface area (Å²) in [4.78, 5) is 0. The molecule has 1 aliphatic heterocycles. The first-order chi connectivity index (χ1) is 12.6. The van der Waals surface area contributed by atoms with Gasteiger partial charge in [-0.15, -0.1) is 0 Å². The first-order valence-electron chi connectivity index (χ1n) is 8.79. The molecule has 1 N–H and O–H groups in total. The number of halogens is 3. The summed E-state index contributed by atoms with van der Waals surface area (Å²) in [6.45, 7) is 5.13. The monoisotopic (exact) mass is 519 g/mol. The molecule has 0 radical (unpaired) electrons. The van der Waals surface area contributed by atoms with Gasteiger partial charge in [0.15, 0.2) is 0 Å². The maximum atomic E-state index is 10.6. The van der Waals surface area contributed by atoms with Crippen molar-refractivity contribution in [3.8, 4) is 5.75 Å². The van der Waals surface area contributed by atoms with Crippen molar-refractivity contribution in [2.24, 2.45) is 0 Å². The van der Waals surface area contributed by atoms with E-state index in [2.05, 4.69) is 56.1 Å². The van der Waals surface area contributed by atoms with Gasteiger partial charge in [0, 0.05) is 10.0 Å². The van der Waals surface area contributed by atoms with Crippen LogP contribution >= 0.6 is 31.9 Å². The number of aliphatic hydroxyl groups excluding tert-OH is 1. The third-order valence-electron chi connectivity index (χ3n) is 4.70. The summed E-state index contributed by atoms with van der Waals surface area (Å²) in [5.74, 6) is 0.740. The smallest absolute Gasteiger partial charge is 0.137 e. The molecule has 2 aromatic carbocycles. The van der Waals surface area contributed by atoms with Crippen molar-refractivity contribution < 1.29 is 31.5 Å². The lowest BCUT2D eigenvalue weighted by Crippen LogP contribution is -3.00. The predicted molar refractivity (Wildman–Crippen MR) is 109 cm³/mol.